The van der Waals surface area contributed by atoms with Crippen molar-refractivity contribution in [3.05, 3.63) is 82.7 Å². The summed E-state index contributed by atoms with van der Waals surface area (Å²) in [5.41, 5.74) is 4.01. The fourth-order valence-corrected chi connectivity index (χ4v) is 2.86. The van der Waals surface area contributed by atoms with E-state index in [0.29, 0.717) is 6.54 Å². The average Bonchev–Trinajstić information content (AvgIpc) is 3.14. The number of hydrogen-bond acceptors (Lipinski definition) is 3. The van der Waals surface area contributed by atoms with Crippen molar-refractivity contribution < 1.29 is 4.79 Å². The van der Waals surface area contributed by atoms with Crippen LogP contribution in [0.5, 0.6) is 0 Å². The number of thiophene rings is 1. The van der Waals surface area contributed by atoms with E-state index in [9.17, 15) is 4.79 Å². The van der Waals surface area contributed by atoms with Crippen LogP contribution in [0.25, 0.3) is 17.3 Å². The maximum atomic E-state index is 12.0. The van der Waals surface area contributed by atoms with Gasteiger partial charge < -0.3 is 5.32 Å². The van der Waals surface area contributed by atoms with E-state index in [1.54, 1.807) is 29.7 Å². The summed E-state index contributed by atoms with van der Waals surface area (Å²) >= 11 is 1.63. The molecule has 0 radical (unpaired) electrons. The first-order valence-corrected chi connectivity index (χ1v) is 8.24. The number of carbonyl (C=O) groups is 1. The van der Waals surface area contributed by atoms with Crippen LogP contribution in [0.3, 0.4) is 0 Å². The van der Waals surface area contributed by atoms with Crippen molar-refractivity contribution in [1.29, 1.82) is 0 Å². The summed E-state index contributed by atoms with van der Waals surface area (Å²) in [5, 5.41) is 6.99. The van der Waals surface area contributed by atoms with Crippen molar-refractivity contribution in [3.63, 3.8) is 0 Å². The zero-order chi connectivity index (χ0) is 15.9. The summed E-state index contributed by atoms with van der Waals surface area (Å²) in [6.45, 7) is 0.455. The highest BCUT2D eigenvalue weighted by Crippen LogP contribution is 2.23. The number of aromatic nitrogens is 1. The van der Waals surface area contributed by atoms with E-state index < -0.39 is 0 Å². The van der Waals surface area contributed by atoms with Gasteiger partial charge in [0.1, 0.15) is 0 Å². The Morgan fingerprint density at radius 3 is 2.78 bits per heavy atom. The van der Waals surface area contributed by atoms with Crippen molar-refractivity contribution in [2.24, 2.45) is 0 Å². The normalized spacial score (nSPS) is 10.8. The molecule has 1 amide bonds. The first-order chi connectivity index (χ1) is 11.3. The fourth-order valence-electron chi connectivity index (χ4n) is 2.22. The van der Waals surface area contributed by atoms with Gasteiger partial charge in [0.05, 0.1) is 5.69 Å². The van der Waals surface area contributed by atoms with Crippen molar-refractivity contribution in [3.8, 4) is 11.3 Å². The molecule has 1 N–H and O–H groups in total. The largest absolute Gasteiger partial charge is 0.348 e. The molecule has 3 rings (SSSR count). The van der Waals surface area contributed by atoms with Crippen molar-refractivity contribution in [1.82, 2.24) is 10.3 Å². The maximum Gasteiger partial charge on any atom is 0.244 e. The van der Waals surface area contributed by atoms with Gasteiger partial charge in [0, 0.05) is 29.8 Å². The van der Waals surface area contributed by atoms with E-state index in [4.69, 9.17) is 0 Å². The second-order valence-electron chi connectivity index (χ2n) is 4.98. The molecule has 0 spiro atoms. The van der Waals surface area contributed by atoms with Gasteiger partial charge in [0.15, 0.2) is 0 Å². The summed E-state index contributed by atoms with van der Waals surface area (Å²) in [5.74, 6) is -0.117. The molecule has 1 aromatic carbocycles. The van der Waals surface area contributed by atoms with Crippen LogP contribution in [0.2, 0.25) is 0 Å². The second-order valence-corrected chi connectivity index (χ2v) is 5.77. The molecule has 3 nitrogen and oxygen atoms in total. The Kier molecular flexibility index (Phi) is 4.96. The van der Waals surface area contributed by atoms with Crippen molar-refractivity contribution >= 4 is 23.3 Å². The van der Waals surface area contributed by atoms with E-state index in [0.717, 1.165) is 22.4 Å². The standard InChI is InChI=1S/C19H16N2OS/c22-18(9-8-15-5-2-1-3-6-15)21-13-16-7-4-11-20-19(16)17-10-12-23-14-17/h1-12,14H,13H2,(H,21,22)/b9-8+. The molecule has 0 unspecified atom stereocenters. The Balaban J connectivity index is 1.65. The smallest absolute Gasteiger partial charge is 0.244 e. The molecule has 0 atom stereocenters. The van der Waals surface area contributed by atoms with Gasteiger partial charge in [0.25, 0.3) is 0 Å². The van der Waals surface area contributed by atoms with Crippen molar-refractivity contribution in [2.45, 2.75) is 6.54 Å². The summed E-state index contributed by atoms with van der Waals surface area (Å²) in [7, 11) is 0. The third-order valence-electron chi connectivity index (χ3n) is 3.37. The van der Waals surface area contributed by atoms with Gasteiger partial charge in [-0.1, -0.05) is 36.4 Å². The molecule has 114 valence electrons. The molecule has 0 fully saturated rings. The molecule has 4 heteroatoms. The SMILES string of the molecule is O=C(/C=C/c1ccccc1)NCc1cccnc1-c1ccsc1. The van der Waals surface area contributed by atoms with Crippen LogP contribution in [0, 0.1) is 0 Å². The topological polar surface area (TPSA) is 42.0 Å². The predicted octanol–water partition coefficient (Wildman–Crippen LogP) is 4.14. The van der Waals surface area contributed by atoms with E-state index in [1.807, 2.05) is 53.9 Å². The molecular weight excluding hydrogens is 304 g/mol. The zero-order valence-electron chi connectivity index (χ0n) is 12.5. The molecule has 0 aliphatic heterocycles. The second kappa shape index (κ2) is 7.51. The monoisotopic (exact) mass is 320 g/mol. The highest BCUT2D eigenvalue weighted by Gasteiger charge is 2.07. The zero-order valence-corrected chi connectivity index (χ0v) is 13.3. The lowest BCUT2D eigenvalue weighted by Crippen LogP contribution is -2.20. The number of hydrogen-bond donors (Lipinski definition) is 1. The van der Waals surface area contributed by atoms with Crippen molar-refractivity contribution in [2.75, 3.05) is 0 Å². The summed E-state index contributed by atoms with van der Waals surface area (Å²) < 4.78 is 0. The van der Waals surface area contributed by atoms with E-state index in [2.05, 4.69) is 15.7 Å². The van der Waals surface area contributed by atoms with Gasteiger partial charge in [-0.2, -0.15) is 11.3 Å². The number of benzene rings is 1. The number of nitrogens with zero attached hydrogens (tertiary/aromatic N) is 1. The number of rotatable bonds is 5. The first kappa shape index (κ1) is 15.2. The molecule has 23 heavy (non-hydrogen) atoms. The highest BCUT2D eigenvalue weighted by atomic mass is 32.1. The van der Waals surface area contributed by atoms with Gasteiger partial charge in [-0.3, -0.25) is 9.78 Å². The maximum absolute atomic E-state index is 12.0. The van der Waals surface area contributed by atoms with Crippen LogP contribution in [0.4, 0.5) is 0 Å². The van der Waals surface area contributed by atoms with Crippen LogP contribution in [0.1, 0.15) is 11.1 Å². The molecule has 0 saturated carbocycles. The summed E-state index contributed by atoms with van der Waals surface area (Å²) in [4.78, 5) is 16.4. The minimum atomic E-state index is -0.117. The third kappa shape index (κ3) is 4.14. The van der Waals surface area contributed by atoms with Crippen LogP contribution < -0.4 is 5.32 Å². The van der Waals surface area contributed by atoms with Crippen LogP contribution in [-0.2, 0) is 11.3 Å². The quantitative estimate of drug-likeness (QED) is 0.718. The molecular formula is C19H16N2OS. The van der Waals surface area contributed by atoms with Gasteiger partial charge in [0.2, 0.25) is 5.91 Å². The van der Waals surface area contributed by atoms with E-state index in [-0.39, 0.29) is 5.91 Å². The van der Waals surface area contributed by atoms with Crippen LogP contribution in [0.15, 0.2) is 71.6 Å². The Bertz CT molecular complexity index is 795. The molecule has 2 heterocycles. The number of nitrogens with one attached hydrogen (secondary N) is 1. The Hall–Kier alpha value is -2.72. The number of amides is 1. The van der Waals surface area contributed by atoms with Crippen LogP contribution >= 0.6 is 11.3 Å². The molecule has 0 saturated heterocycles. The number of pyridine rings is 1. The molecule has 0 aliphatic rings. The lowest BCUT2D eigenvalue weighted by molar-refractivity contribution is -0.116. The summed E-state index contributed by atoms with van der Waals surface area (Å²) in [6.07, 6.45) is 5.13. The first-order valence-electron chi connectivity index (χ1n) is 7.30. The minimum Gasteiger partial charge on any atom is -0.348 e. The van der Waals surface area contributed by atoms with Gasteiger partial charge in [-0.05, 0) is 34.7 Å². The minimum absolute atomic E-state index is 0.117. The fraction of sp³-hybridized carbons (Fsp3) is 0.0526. The Labute approximate surface area is 139 Å². The van der Waals surface area contributed by atoms with E-state index >= 15 is 0 Å². The van der Waals surface area contributed by atoms with E-state index in [1.165, 1.54) is 0 Å². The number of carbonyl (C=O) groups excluding carboxylic acids is 1. The average molecular weight is 320 g/mol. The highest BCUT2D eigenvalue weighted by molar-refractivity contribution is 7.08. The molecule has 3 aromatic rings. The molecule has 0 bridgehead atoms. The van der Waals surface area contributed by atoms with Gasteiger partial charge >= 0.3 is 0 Å². The third-order valence-corrected chi connectivity index (χ3v) is 4.05. The lowest BCUT2D eigenvalue weighted by Gasteiger charge is -2.07. The van der Waals surface area contributed by atoms with Crippen LogP contribution in [-0.4, -0.2) is 10.9 Å². The van der Waals surface area contributed by atoms with Gasteiger partial charge in [-0.25, -0.2) is 0 Å². The molecule has 0 aliphatic carbocycles. The lowest BCUT2D eigenvalue weighted by atomic mass is 10.1. The predicted molar refractivity (Wildman–Crippen MR) is 94.9 cm³/mol. The Morgan fingerprint density at radius 2 is 2.00 bits per heavy atom. The molecule has 2 aromatic heterocycles. The summed E-state index contributed by atoms with van der Waals surface area (Å²) in [6, 6.07) is 15.7. The van der Waals surface area contributed by atoms with Gasteiger partial charge in [-0.15, -0.1) is 0 Å². The Morgan fingerprint density at radius 1 is 1.13 bits per heavy atom.